The van der Waals surface area contributed by atoms with Gasteiger partial charge in [-0.25, -0.2) is 4.98 Å². The van der Waals surface area contributed by atoms with Crippen LogP contribution in [0, 0.1) is 6.92 Å². The van der Waals surface area contributed by atoms with Crippen LogP contribution in [0.25, 0.3) is 22.0 Å². The number of rotatable bonds is 0. The third-order valence-electron chi connectivity index (χ3n) is 2.07. The largest absolute Gasteiger partial charge is 0.356 e. The number of fused-ring (bicyclic) bond motifs is 2. The Bertz CT molecular complexity index is 531. The summed E-state index contributed by atoms with van der Waals surface area (Å²) in [6, 6.07) is 3.88. The second-order valence-electron chi connectivity index (χ2n) is 3.06. The van der Waals surface area contributed by atoms with E-state index < -0.39 is 0 Å². The number of hydrogen-bond donors (Lipinski definition) is 1. The molecule has 0 aliphatic carbocycles. The normalized spacial score (nSPS) is 11.5. The highest BCUT2D eigenvalue weighted by Gasteiger charge is 2.04. The molecular weight excluding hydrogens is 166 g/mol. The first-order valence-electron chi connectivity index (χ1n) is 4.04. The van der Waals surface area contributed by atoms with E-state index in [0.717, 1.165) is 27.8 Å². The molecule has 4 nitrogen and oxygen atoms in total. The van der Waals surface area contributed by atoms with Crippen molar-refractivity contribution in [2.45, 2.75) is 6.92 Å². The Balaban J connectivity index is 2.54. The van der Waals surface area contributed by atoms with Crippen molar-refractivity contribution in [3.05, 3.63) is 24.2 Å². The second-order valence-corrected chi connectivity index (χ2v) is 3.06. The van der Waals surface area contributed by atoms with Gasteiger partial charge in [-0.1, -0.05) is 5.16 Å². The fourth-order valence-corrected chi connectivity index (χ4v) is 1.50. The van der Waals surface area contributed by atoms with Crippen molar-refractivity contribution in [2.75, 3.05) is 0 Å². The first-order chi connectivity index (χ1) is 6.33. The molecule has 1 N–H and O–H groups in total. The van der Waals surface area contributed by atoms with Gasteiger partial charge in [0.05, 0.1) is 17.2 Å². The van der Waals surface area contributed by atoms with E-state index in [4.69, 9.17) is 4.52 Å². The minimum absolute atomic E-state index is 0.788. The van der Waals surface area contributed by atoms with Crippen LogP contribution in [0.1, 0.15) is 5.82 Å². The van der Waals surface area contributed by atoms with Gasteiger partial charge in [0.2, 0.25) is 0 Å². The van der Waals surface area contributed by atoms with Gasteiger partial charge in [0.1, 0.15) is 5.82 Å². The summed E-state index contributed by atoms with van der Waals surface area (Å²) < 4.78 is 5.04. The number of benzene rings is 1. The molecule has 0 spiro atoms. The molecule has 0 aliphatic rings. The third kappa shape index (κ3) is 0.853. The molecule has 0 aliphatic heterocycles. The summed E-state index contributed by atoms with van der Waals surface area (Å²) in [7, 11) is 0. The Kier molecular flexibility index (Phi) is 1.07. The van der Waals surface area contributed by atoms with E-state index in [2.05, 4.69) is 15.1 Å². The van der Waals surface area contributed by atoms with Crippen molar-refractivity contribution in [3.8, 4) is 0 Å². The van der Waals surface area contributed by atoms with Gasteiger partial charge in [-0.3, -0.25) is 0 Å². The lowest BCUT2D eigenvalue weighted by Gasteiger charge is -1.86. The Morgan fingerprint density at radius 1 is 1.38 bits per heavy atom. The minimum Gasteiger partial charge on any atom is -0.356 e. The van der Waals surface area contributed by atoms with Crippen LogP contribution in [0.3, 0.4) is 0 Å². The molecule has 13 heavy (non-hydrogen) atoms. The van der Waals surface area contributed by atoms with Crippen LogP contribution in [0.2, 0.25) is 0 Å². The molecule has 0 saturated carbocycles. The molecule has 0 saturated heterocycles. The number of aromatic nitrogens is 3. The summed E-state index contributed by atoms with van der Waals surface area (Å²) in [6.07, 6.45) is 1.69. The van der Waals surface area contributed by atoms with Crippen LogP contribution in [0.4, 0.5) is 0 Å². The standard InChI is InChI=1S/C9H7N3O/c1-5-11-7-2-6-4-10-13-9(6)3-8(7)12-5/h2-4H,1H3,(H,11,12). The highest BCUT2D eigenvalue weighted by Crippen LogP contribution is 2.20. The predicted octanol–water partition coefficient (Wildman–Crippen LogP) is 2.01. The molecule has 3 aromatic rings. The molecule has 64 valence electrons. The molecule has 2 heterocycles. The zero-order valence-corrected chi connectivity index (χ0v) is 7.03. The number of aromatic amines is 1. The molecule has 1 aromatic carbocycles. The van der Waals surface area contributed by atoms with Crippen LogP contribution >= 0.6 is 0 Å². The number of aryl methyl sites for hydroxylation is 1. The molecule has 4 heteroatoms. The van der Waals surface area contributed by atoms with E-state index in [1.165, 1.54) is 0 Å². The fourth-order valence-electron chi connectivity index (χ4n) is 1.50. The Labute approximate surface area is 73.6 Å². The number of nitrogens with one attached hydrogen (secondary N) is 1. The molecule has 0 atom stereocenters. The summed E-state index contributed by atoms with van der Waals surface area (Å²) in [4.78, 5) is 7.46. The molecule has 0 unspecified atom stereocenters. The third-order valence-corrected chi connectivity index (χ3v) is 2.07. The summed E-state index contributed by atoms with van der Waals surface area (Å²) in [5.74, 6) is 0.913. The topological polar surface area (TPSA) is 54.7 Å². The summed E-state index contributed by atoms with van der Waals surface area (Å²) in [5.41, 5.74) is 2.73. The van der Waals surface area contributed by atoms with Crippen molar-refractivity contribution in [2.24, 2.45) is 0 Å². The van der Waals surface area contributed by atoms with E-state index in [-0.39, 0.29) is 0 Å². The highest BCUT2D eigenvalue weighted by atomic mass is 16.5. The maximum atomic E-state index is 5.04. The number of nitrogens with zero attached hydrogens (tertiary/aromatic N) is 2. The fraction of sp³-hybridized carbons (Fsp3) is 0.111. The SMILES string of the molecule is Cc1nc2cc3cnoc3cc2[nH]1. The Hall–Kier alpha value is -1.84. The van der Waals surface area contributed by atoms with E-state index in [9.17, 15) is 0 Å². The molecule has 3 rings (SSSR count). The summed E-state index contributed by atoms with van der Waals surface area (Å²) in [6.45, 7) is 1.93. The molecule has 0 radical (unpaired) electrons. The number of H-pyrrole nitrogens is 1. The molecule has 0 bridgehead atoms. The predicted molar refractivity (Wildman–Crippen MR) is 48.4 cm³/mol. The van der Waals surface area contributed by atoms with Crippen molar-refractivity contribution in [1.29, 1.82) is 0 Å². The summed E-state index contributed by atoms with van der Waals surface area (Å²) >= 11 is 0. The van der Waals surface area contributed by atoms with Gasteiger partial charge in [-0.2, -0.15) is 0 Å². The van der Waals surface area contributed by atoms with E-state index >= 15 is 0 Å². The van der Waals surface area contributed by atoms with E-state index in [1.807, 2.05) is 19.1 Å². The first kappa shape index (κ1) is 6.65. The molecule has 2 aromatic heterocycles. The van der Waals surface area contributed by atoms with Gasteiger partial charge < -0.3 is 9.51 Å². The average molecular weight is 173 g/mol. The number of imidazole rings is 1. The van der Waals surface area contributed by atoms with Crippen LogP contribution in [0.15, 0.2) is 22.9 Å². The quantitative estimate of drug-likeness (QED) is 0.565. The molecule has 0 amide bonds. The number of hydrogen-bond acceptors (Lipinski definition) is 3. The van der Waals surface area contributed by atoms with Gasteiger partial charge in [0.15, 0.2) is 5.58 Å². The lowest BCUT2D eigenvalue weighted by Crippen LogP contribution is -1.68. The van der Waals surface area contributed by atoms with Crippen LogP contribution in [0.5, 0.6) is 0 Å². The maximum Gasteiger partial charge on any atom is 0.169 e. The van der Waals surface area contributed by atoms with Gasteiger partial charge in [-0.15, -0.1) is 0 Å². The van der Waals surface area contributed by atoms with Gasteiger partial charge >= 0.3 is 0 Å². The zero-order valence-electron chi connectivity index (χ0n) is 7.03. The Morgan fingerprint density at radius 2 is 2.31 bits per heavy atom. The minimum atomic E-state index is 0.788. The Morgan fingerprint density at radius 3 is 3.23 bits per heavy atom. The lowest BCUT2D eigenvalue weighted by molar-refractivity contribution is 0.456. The van der Waals surface area contributed by atoms with Gasteiger partial charge in [-0.05, 0) is 13.0 Å². The highest BCUT2D eigenvalue weighted by molar-refractivity contribution is 5.91. The molecule has 0 fully saturated rings. The summed E-state index contributed by atoms with van der Waals surface area (Å²) in [5, 5.41) is 4.69. The van der Waals surface area contributed by atoms with Crippen LogP contribution in [-0.4, -0.2) is 15.1 Å². The van der Waals surface area contributed by atoms with Crippen LogP contribution in [-0.2, 0) is 0 Å². The maximum absolute atomic E-state index is 5.04. The van der Waals surface area contributed by atoms with Crippen molar-refractivity contribution in [1.82, 2.24) is 15.1 Å². The smallest absolute Gasteiger partial charge is 0.169 e. The van der Waals surface area contributed by atoms with Gasteiger partial charge in [0, 0.05) is 11.5 Å². The van der Waals surface area contributed by atoms with Crippen molar-refractivity contribution in [3.63, 3.8) is 0 Å². The average Bonchev–Trinajstić information content (AvgIpc) is 2.63. The van der Waals surface area contributed by atoms with Crippen LogP contribution < -0.4 is 0 Å². The van der Waals surface area contributed by atoms with E-state index in [1.54, 1.807) is 6.20 Å². The monoisotopic (exact) mass is 173 g/mol. The van der Waals surface area contributed by atoms with Crippen molar-refractivity contribution >= 4 is 22.0 Å². The zero-order chi connectivity index (χ0) is 8.84. The van der Waals surface area contributed by atoms with Gasteiger partial charge in [0.25, 0.3) is 0 Å². The van der Waals surface area contributed by atoms with Crippen molar-refractivity contribution < 1.29 is 4.52 Å². The first-order valence-corrected chi connectivity index (χ1v) is 4.04. The van der Waals surface area contributed by atoms with E-state index in [0.29, 0.717) is 0 Å². The lowest BCUT2D eigenvalue weighted by atomic mass is 10.2. The second kappa shape index (κ2) is 2.10. The molecular formula is C9H7N3O.